The summed E-state index contributed by atoms with van der Waals surface area (Å²) in [5.74, 6) is -0.801. The molecule has 23 heavy (non-hydrogen) atoms. The summed E-state index contributed by atoms with van der Waals surface area (Å²) in [7, 11) is 1.49. The lowest BCUT2D eigenvalue weighted by atomic mass is 9.84. The van der Waals surface area contributed by atoms with E-state index in [1.807, 2.05) is 6.07 Å². The minimum absolute atomic E-state index is 0.0927. The highest BCUT2D eigenvalue weighted by Crippen LogP contribution is 2.35. The number of carboxylic acids is 1. The van der Waals surface area contributed by atoms with Gasteiger partial charge in [0, 0.05) is 16.7 Å². The summed E-state index contributed by atoms with van der Waals surface area (Å²) >= 11 is 0. The Labute approximate surface area is 135 Å². The molecule has 0 saturated heterocycles. The van der Waals surface area contributed by atoms with Crippen LogP contribution < -0.4 is 9.84 Å². The Kier molecular flexibility index (Phi) is 4.55. The SMILES string of the molecule is COc1cc(C=O)ccc1-c1cc(C(C)(C)C)ccc1C(=O)[O-]. The Balaban J connectivity index is 2.74. The van der Waals surface area contributed by atoms with Crippen molar-refractivity contribution in [2.75, 3.05) is 7.11 Å². The Morgan fingerprint density at radius 1 is 1.09 bits per heavy atom. The summed E-state index contributed by atoms with van der Waals surface area (Å²) < 4.78 is 5.33. The molecule has 0 saturated carbocycles. The zero-order valence-corrected chi connectivity index (χ0v) is 13.7. The number of rotatable bonds is 4. The Bertz CT molecular complexity index is 754. The van der Waals surface area contributed by atoms with Crippen molar-refractivity contribution in [3.63, 3.8) is 0 Å². The minimum atomic E-state index is -1.25. The first kappa shape index (κ1) is 16.7. The van der Waals surface area contributed by atoms with E-state index in [4.69, 9.17) is 4.74 Å². The van der Waals surface area contributed by atoms with Gasteiger partial charge in [0.15, 0.2) is 0 Å². The van der Waals surface area contributed by atoms with Crippen LogP contribution in [-0.4, -0.2) is 19.4 Å². The minimum Gasteiger partial charge on any atom is -0.545 e. The predicted molar refractivity (Wildman–Crippen MR) is 86.8 cm³/mol. The number of aromatic carboxylic acids is 1. The van der Waals surface area contributed by atoms with Gasteiger partial charge in [0.1, 0.15) is 12.0 Å². The van der Waals surface area contributed by atoms with Crippen molar-refractivity contribution in [3.8, 4) is 16.9 Å². The lowest BCUT2D eigenvalue weighted by molar-refractivity contribution is -0.254. The van der Waals surface area contributed by atoms with Crippen LogP contribution in [0.4, 0.5) is 0 Å². The second-order valence-electron chi connectivity index (χ2n) is 6.38. The van der Waals surface area contributed by atoms with Crippen LogP contribution in [0, 0.1) is 0 Å². The van der Waals surface area contributed by atoms with E-state index in [1.54, 1.807) is 30.3 Å². The molecule has 2 rings (SSSR count). The highest BCUT2D eigenvalue weighted by atomic mass is 16.5. The number of carbonyl (C=O) groups is 2. The van der Waals surface area contributed by atoms with Gasteiger partial charge < -0.3 is 14.6 Å². The Morgan fingerprint density at radius 3 is 2.30 bits per heavy atom. The van der Waals surface area contributed by atoms with Crippen LogP contribution in [0.3, 0.4) is 0 Å². The van der Waals surface area contributed by atoms with E-state index in [-0.39, 0.29) is 11.0 Å². The number of ether oxygens (including phenoxy) is 1. The first-order valence-corrected chi connectivity index (χ1v) is 7.27. The van der Waals surface area contributed by atoms with Crippen molar-refractivity contribution in [1.29, 1.82) is 0 Å². The molecule has 0 unspecified atom stereocenters. The molecule has 0 N–H and O–H groups in total. The summed E-state index contributed by atoms with van der Waals surface area (Å²) in [4.78, 5) is 22.4. The molecule has 0 radical (unpaired) electrons. The molecule has 4 nitrogen and oxygen atoms in total. The van der Waals surface area contributed by atoms with Crippen LogP contribution >= 0.6 is 0 Å². The molecule has 4 heteroatoms. The van der Waals surface area contributed by atoms with Crippen molar-refractivity contribution in [2.45, 2.75) is 26.2 Å². The lowest BCUT2D eigenvalue weighted by Crippen LogP contribution is -2.23. The van der Waals surface area contributed by atoms with Crippen molar-refractivity contribution >= 4 is 12.3 Å². The number of carbonyl (C=O) groups excluding carboxylic acids is 2. The predicted octanol–water partition coefficient (Wildman–Crippen LogP) is 2.84. The van der Waals surface area contributed by atoms with Crippen LogP contribution in [0.15, 0.2) is 36.4 Å². The summed E-state index contributed by atoms with van der Waals surface area (Å²) in [5.41, 5.74) is 2.56. The van der Waals surface area contributed by atoms with Crippen molar-refractivity contribution in [3.05, 3.63) is 53.1 Å². The van der Waals surface area contributed by atoms with Crippen LogP contribution in [0.2, 0.25) is 0 Å². The van der Waals surface area contributed by atoms with Crippen LogP contribution in [0.25, 0.3) is 11.1 Å². The summed E-state index contributed by atoms with van der Waals surface area (Å²) in [5, 5.41) is 11.5. The number of hydrogen-bond donors (Lipinski definition) is 0. The van der Waals surface area contributed by atoms with Gasteiger partial charge in [-0.05, 0) is 34.7 Å². The fourth-order valence-electron chi connectivity index (χ4n) is 2.42. The number of carboxylic acid groups (broad SMARTS) is 1. The van der Waals surface area contributed by atoms with Gasteiger partial charge in [-0.15, -0.1) is 0 Å². The summed E-state index contributed by atoms with van der Waals surface area (Å²) in [6.07, 6.45) is 0.720. The quantitative estimate of drug-likeness (QED) is 0.814. The van der Waals surface area contributed by atoms with E-state index in [1.165, 1.54) is 7.11 Å². The second-order valence-corrected chi connectivity index (χ2v) is 6.38. The number of methoxy groups -OCH3 is 1. The third kappa shape index (κ3) is 3.42. The van der Waals surface area contributed by atoms with Gasteiger partial charge in [0.25, 0.3) is 0 Å². The van der Waals surface area contributed by atoms with Crippen LogP contribution in [0.1, 0.15) is 47.1 Å². The van der Waals surface area contributed by atoms with Crippen LogP contribution in [0.5, 0.6) is 5.75 Å². The maximum atomic E-state index is 11.5. The number of benzene rings is 2. The molecule has 0 aromatic heterocycles. The molecule has 0 amide bonds. The van der Waals surface area contributed by atoms with E-state index in [0.29, 0.717) is 22.4 Å². The van der Waals surface area contributed by atoms with E-state index >= 15 is 0 Å². The largest absolute Gasteiger partial charge is 0.545 e. The highest BCUT2D eigenvalue weighted by molar-refractivity contribution is 5.96. The fourth-order valence-corrected chi connectivity index (χ4v) is 2.42. The lowest BCUT2D eigenvalue weighted by Gasteiger charge is -2.22. The number of hydrogen-bond acceptors (Lipinski definition) is 4. The highest BCUT2D eigenvalue weighted by Gasteiger charge is 2.18. The van der Waals surface area contributed by atoms with Gasteiger partial charge in [0.05, 0.1) is 13.1 Å². The zero-order valence-electron chi connectivity index (χ0n) is 13.7. The summed E-state index contributed by atoms with van der Waals surface area (Å²) in [6, 6.07) is 10.1. The van der Waals surface area contributed by atoms with Gasteiger partial charge in [-0.2, -0.15) is 0 Å². The van der Waals surface area contributed by atoms with Crippen LogP contribution in [-0.2, 0) is 5.41 Å². The smallest absolute Gasteiger partial charge is 0.150 e. The average molecular weight is 311 g/mol. The number of aldehydes is 1. The van der Waals surface area contributed by atoms with E-state index in [0.717, 1.165) is 11.8 Å². The second kappa shape index (κ2) is 6.24. The molecule has 0 aliphatic rings. The van der Waals surface area contributed by atoms with Crippen molar-refractivity contribution < 1.29 is 19.4 Å². The molecule has 0 aliphatic heterocycles. The zero-order chi connectivity index (χ0) is 17.2. The maximum Gasteiger partial charge on any atom is 0.150 e. The Morgan fingerprint density at radius 2 is 1.78 bits per heavy atom. The first-order valence-electron chi connectivity index (χ1n) is 7.27. The summed E-state index contributed by atoms with van der Waals surface area (Å²) in [6.45, 7) is 6.16. The van der Waals surface area contributed by atoms with Gasteiger partial charge in [-0.1, -0.05) is 39.0 Å². The van der Waals surface area contributed by atoms with Crippen molar-refractivity contribution in [1.82, 2.24) is 0 Å². The molecule has 0 aliphatic carbocycles. The third-order valence-corrected chi connectivity index (χ3v) is 3.76. The van der Waals surface area contributed by atoms with E-state index in [2.05, 4.69) is 20.8 Å². The molecule has 2 aromatic rings. The Hall–Kier alpha value is -2.62. The molecular formula is C19H19O4-. The third-order valence-electron chi connectivity index (χ3n) is 3.76. The van der Waals surface area contributed by atoms with E-state index in [9.17, 15) is 14.7 Å². The maximum absolute atomic E-state index is 11.5. The van der Waals surface area contributed by atoms with Crippen molar-refractivity contribution in [2.24, 2.45) is 0 Å². The molecule has 120 valence electrons. The van der Waals surface area contributed by atoms with Gasteiger partial charge in [-0.25, -0.2) is 0 Å². The van der Waals surface area contributed by atoms with Gasteiger partial charge >= 0.3 is 0 Å². The molecule has 0 fully saturated rings. The monoisotopic (exact) mass is 311 g/mol. The van der Waals surface area contributed by atoms with E-state index < -0.39 is 5.97 Å². The first-order chi connectivity index (χ1) is 10.8. The topological polar surface area (TPSA) is 66.4 Å². The van der Waals surface area contributed by atoms with Gasteiger partial charge in [0.2, 0.25) is 0 Å². The fraction of sp³-hybridized carbons (Fsp3) is 0.263. The normalized spacial score (nSPS) is 11.1. The molecular weight excluding hydrogens is 292 g/mol. The average Bonchev–Trinajstić information content (AvgIpc) is 2.52. The molecule has 2 aromatic carbocycles. The van der Waals surface area contributed by atoms with Gasteiger partial charge in [-0.3, -0.25) is 4.79 Å². The molecule has 0 spiro atoms. The molecule has 0 heterocycles. The standard InChI is InChI=1S/C19H20O4/c1-19(2,3)13-6-8-15(18(21)22)16(10-13)14-7-5-12(11-20)9-17(14)23-4/h5-11H,1-4H3,(H,21,22)/p-1. The molecule has 0 bridgehead atoms. The molecule has 0 atom stereocenters.